The number of thiophene rings is 1. The maximum absolute atomic E-state index is 12.3. The van der Waals surface area contributed by atoms with Gasteiger partial charge in [-0.25, -0.2) is 8.42 Å². The van der Waals surface area contributed by atoms with Crippen LogP contribution in [-0.4, -0.2) is 38.3 Å². The third-order valence-corrected chi connectivity index (χ3v) is 6.73. The predicted octanol–water partition coefficient (Wildman–Crippen LogP) is 1.68. The molecule has 0 radical (unpaired) electrons. The maximum atomic E-state index is 12.3. The molecule has 0 unspecified atom stereocenters. The number of sulfonamides is 1. The molecule has 5 nitrogen and oxygen atoms in total. The summed E-state index contributed by atoms with van der Waals surface area (Å²) in [5, 5.41) is 4.64. The van der Waals surface area contributed by atoms with Crippen LogP contribution in [0.25, 0.3) is 0 Å². The molecule has 112 valence electrons. The number of piperidine rings is 1. The number of nitrogens with zero attached hydrogens (tertiary/aromatic N) is 1. The molecule has 1 aliphatic heterocycles. The Morgan fingerprint density at radius 1 is 1.45 bits per heavy atom. The summed E-state index contributed by atoms with van der Waals surface area (Å²) in [5.41, 5.74) is 0. The Hall–Kier alpha value is -0.920. The van der Waals surface area contributed by atoms with E-state index in [1.165, 1.54) is 15.6 Å². The van der Waals surface area contributed by atoms with Crippen molar-refractivity contribution in [2.24, 2.45) is 5.92 Å². The maximum Gasteiger partial charge on any atom is 0.252 e. The molecule has 0 aliphatic carbocycles. The summed E-state index contributed by atoms with van der Waals surface area (Å²) in [6.07, 6.45) is 2.11. The second-order valence-corrected chi connectivity index (χ2v) is 8.01. The van der Waals surface area contributed by atoms with E-state index in [0.29, 0.717) is 36.7 Å². The first-order valence-corrected chi connectivity index (χ1v) is 9.19. The topological polar surface area (TPSA) is 66.5 Å². The van der Waals surface area contributed by atoms with Gasteiger partial charge in [-0.3, -0.25) is 4.79 Å². The summed E-state index contributed by atoms with van der Waals surface area (Å²) >= 11 is 1.23. The summed E-state index contributed by atoms with van der Waals surface area (Å²) in [7, 11) is -3.36. The van der Waals surface area contributed by atoms with Crippen LogP contribution in [0.2, 0.25) is 0 Å². The first-order chi connectivity index (χ1) is 9.55. The number of hydrogen-bond donors (Lipinski definition) is 1. The van der Waals surface area contributed by atoms with Gasteiger partial charge in [0.1, 0.15) is 4.21 Å². The summed E-state index contributed by atoms with van der Waals surface area (Å²) in [6.45, 7) is 3.54. The number of carbonyl (C=O) groups excluding carboxylic acids is 1. The van der Waals surface area contributed by atoms with Crippen LogP contribution < -0.4 is 5.32 Å². The Bertz CT molecular complexity index is 532. The molecular weight excluding hydrogens is 296 g/mol. The summed E-state index contributed by atoms with van der Waals surface area (Å²) in [6, 6.07) is 3.36. The molecule has 0 bridgehead atoms. The zero-order valence-corrected chi connectivity index (χ0v) is 13.2. The summed E-state index contributed by atoms with van der Waals surface area (Å²) in [4.78, 5) is 11.9. The van der Waals surface area contributed by atoms with Gasteiger partial charge in [0.25, 0.3) is 10.0 Å². The molecule has 0 aromatic carbocycles. The van der Waals surface area contributed by atoms with Crippen molar-refractivity contribution in [3.05, 3.63) is 17.5 Å². The Morgan fingerprint density at radius 2 is 2.15 bits per heavy atom. The van der Waals surface area contributed by atoms with Gasteiger partial charge >= 0.3 is 0 Å². The third kappa shape index (κ3) is 3.39. The number of nitrogens with one attached hydrogen (secondary N) is 1. The lowest BCUT2D eigenvalue weighted by molar-refractivity contribution is -0.126. The molecular formula is C13H20N2O3S2. The lowest BCUT2D eigenvalue weighted by Gasteiger charge is -2.30. The van der Waals surface area contributed by atoms with Crippen LogP contribution in [0.5, 0.6) is 0 Å². The van der Waals surface area contributed by atoms with Crippen LogP contribution in [0.4, 0.5) is 0 Å². The highest BCUT2D eigenvalue weighted by molar-refractivity contribution is 7.91. The Labute approximate surface area is 124 Å². The van der Waals surface area contributed by atoms with Gasteiger partial charge in [-0.05, 0) is 30.7 Å². The van der Waals surface area contributed by atoms with E-state index in [1.54, 1.807) is 17.5 Å². The van der Waals surface area contributed by atoms with Crippen molar-refractivity contribution in [1.29, 1.82) is 0 Å². The average Bonchev–Trinajstić information content (AvgIpc) is 3.00. The van der Waals surface area contributed by atoms with Crippen LogP contribution >= 0.6 is 11.3 Å². The Balaban J connectivity index is 1.93. The van der Waals surface area contributed by atoms with Crippen LogP contribution in [0, 0.1) is 5.92 Å². The zero-order chi connectivity index (χ0) is 14.6. The number of carbonyl (C=O) groups is 1. The van der Waals surface area contributed by atoms with Gasteiger partial charge in [0.15, 0.2) is 0 Å². The van der Waals surface area contributed by atoms with Crippen molar-refractivity contribution in [2.75, 3.05) is 19.6 Å². The molecule has 2 heterocycles. The van der Waals surface area contributed by atoms with Gasteiger partial charge in [-0.1, -0.05) is 13.0 Å². The highest BCUT2D eigenvalue weighted by atomic mass is 32.2. The monoisotopic (exact) mass is 316 g/mol. The fourth-order valence-corrected chi connectivity index (χ4v) is 4.90. The highest BCUT2D eigenvalue weighted by Gasteiger charge is 2.32. The smallest absolute Gasteiger partial charge is 0.252 e. The largest absolute Gasteiger partial charge is 0.356 e. The van der Waals surface area contributed by atoms with Crippen molar-refractivity contribution >= 4 is 27.3 Å². The summed E-state index contributed by atoms with van der Waals surface area (Å²) in [5.74, 6) is -0.00337. The van der Waals surface area contributed by atoms with Crippen LogP contribution in [0.15, 0.2) is 21.7 Å². The molecule has 7 heteroatoms. The van der Waals surface area contributed by atoms with Crippen molar-refractivity contribution in [3.63, 3.8) is 0 Å². The van der Waals surface area contributed by atoms with Crippen molar-refractivity contribution < 1.29 is 13.2 Å². The molecule has 2 rings (SSSR count). The predicted molar refractivity (Wildman–Crippen MR) is 79.1 cm³/mol. The minimum absolute atomic E-state index is 0.0556. The Morgan fingerprint density at radius 3 is 2.70 bits per heavy atom. The lowest BCUT2D eigenvalue weighted by Crippen LogP contribution is -2.42. The molecule has 1 N–H and O–H groups in total. The SMILES string of the molecule is CCCNC(=O)C1CCN(S(=O)(=O)c2cccs2)CC1. The van der Waals surface area contributed by atoms with E-state index in [0.717, 1.165) is 6.42 Å². The van der Waals surface area contributed by atoms with Gasteiger partial charge < -0.3 is 5.32 Å². The molecule has 1 aromatic rings. The molecule has 1 saturated heterocycles. The molecule has 1 aliphatic rings. The standard InChI is InChI=1S/C13H20N2O3S2/c1-2-7-14-13(16)11-5-8-15(9-6-11)20(17,18)12-4-3-10-19-12/h3-4,10-11H,2,5-9H2,1H3,(H,14,16). The van der Waals surface area contributed by atoms with Crippen LogP contribution in [0.3, 0.4) is 0 Å². The van der Waals surface area contributed by atoms with Gasteiger partial charge in [0.2, 0.25) is 5.91 Å². The van der Waals surface area contributed by atoms with E-state index >= 15 is 0 Å². The summed E-state index contributed by atoms with van der Waals surface area (Å²) < 4.78 is 26.5. The van der Waals surface area contributed by atoms with E-state index in [-0.39, 0.29) is 11.8 Å². The second-order valence-electron chi connectivity index (χ2n) is 4.90. The molecule has 20 heavy (non-hydrogen) atoms. The molecule has 1 aromatic heterocycles. The second kappa shape index (κ2) is 6.69. The van der Waals surface area contributed by atoms with Crippen LogP contribution in [0.1, 0.15) is 26.2 Å². The highest BCUT2D eigenvalue weighted by Crippen LogP contribution is 2.26. The van der Waals surface area contributed by atoms with E-state index in [2.05, 4.69) is 5.32 Å². The van der Waals surface area contributed by atoms with Crippen molar-refractivity contribution in [2.45, 2.75) is 30.4 Å². The number of amides is 1. The van der Waals surface area contributed by atoms with E-state index in [1.807, 2.05) is 6.92 Å². The molecule has 0 saturated carbocycles. The normalized spacial score (nSPS) is 18.1. The van der Waals surface area contributed by atoms with Crippen molar-refractivity contribution in [1.82, 2.24) is 9.62 Å². The fraction of sp³-hybridized carbons (Fsp3) is 0.615. The van der Waals surface area contributed by atoms with Gasteiger partial charge in [-0.2, -0.15) is 4.31 Å². The van der Waals surface area contributed by atoms with Crippen molar-refractivity contribution in [3.8, 4) is 0 Å². The number of hydrogen-bond acceptors (Lipinski definition) is 4. The first-order valence-electron chi connectivity index (χ1n) is 6.87. The minimum Gasteiger partial charge on any atom is -0.356 e. The molecule has 0 atom stereocenters. The first kappa shape index (κ1) is 15.5. The molecule has 0 spiro atoms. The van der Waals surface area contributed by atoms with E-state index < -0.39 is 10.0 Å². The van der Waals surface area contributed by atoms with Gasteiger partial charge in [0, 0.05) is 25.6 Å². The third-order valence-electron chi connectivity index (χ3n) is 3.46. The zero-order valence-electron chi connectivity index (χ0n) is 11.5. The van der Waals surface area contributed by atoms with E-state index in [4.69, 9.17) is 0 Å². The lowest BCUT2D eigenvalue weighted by atomic mass is 9.97. The Kier molecular flexibility index (Phi) is 5.17. The molecule has 1 fully saturated rings. The van der Waals surface area contributed by atoms with Gasteiger partial charge in [0.05, 0.1) is 0 Å². The minimum atomic E-state index is -3.36. The van der Waals surface area contributed by atoms with Gasteiger partial charge in [-0.15, -0.1) is 11.3 Å². The van der Waals surface area contributed by atoms with Crippen LogP contribution in [-0.2, 0) is 14.8 Å². The average molecular weight is 316 g/mol. The van der Waals surface area contributed by atoms with E-state index in [9.17, 15) is 13.2 Å². The quantitative estimate of drug-likeness (QED) is 0.898. The fourth-order valence-electron chi connectivity index (χ4n) is 2.29. The number of rotatable bonds is 5. The molecule has 1 amide bonds.